The van der Waals surface area contributed by atoms with Crippen molar-refractivity contribution in [2.45, 2.75) is 23.8 Å². The molecule has 9 nitrogen and oxygen atoms in total. The summed E-state index contributed by atoms with van der Waals surface area (Å²) >= 11 is 5.80. The topological polar surface area (TPSA) is 118 Å². The molecule has 1 saturated heterocycles. The molecule has 0 spiro atoms. The molecule has 1 aliphatic heterocycles. The van der Waals surface area contributed by atoms with Crippen LogP contribution in [0, 0.1) is 0 Å². The minimum absolute atomic E-state index is 0.0729. The Bertz CT molecular complexity index is 1160. The summed E-state index contributed by atoms with van der Waals surface area (Å²) in [4.78, 5) is 27.5. The highest BCUT2D eigenvalue weighted by Crippen LogP contribution is 2.25. The summed E-state index contributed by atoms with van der Waals surface area (Å²) < 4.78 is 27.8. The van der Waals surface area contributed by atoms with Gasteiger partial charge in [-0.15, -0.1) is 0 Å². The van der Waals surface area contributed by atoms with E-state index >= 15 is 0 Å². The minimum Gasteiger partial charge on any atom is -0.351 e. The molecule has 0 amide bonds. The smallest absolute Gasteiger partial charge is 0.243 e. The van der Waals surface area contributed by atoms with Gasteiger partial charge in [-0.25, -0.2) is 28.4 Å². The molecule has 160 valence electrons. The SMILES string of the molecule is O=Cc1cnc(-c2cccc(S(=O)(=O)N3CCC(Nc4ncc(Cl)cn4)CC3)c2)nc1. The number of nitrogens with zero attached hydrogens (tertiary/aromatic N) is 5. The summed E-state index contributed by atoms with van der Waals surface area (Å²) in [5, 5.41) is 3.67. The number of carbonyl (C=O) groups excluding carboxylic acids is 1. The van der Waals surface area contributed by atoms with Crippen molar-refractivity contribution in [3.8, 4) is 11.4 Å². The lowest BCUT2D eigenvalue weighted by Crippen LogP contribution is -2.42. The molecule has 2 aromatic heterocycles. The van der Waals surface area contributed by atoms with Gasteiger partial charge in [0.2, 0.25) is 16.0 Å². The number of hydrogen-bond acceptors (Lipinski definition) is 8. The third-order valence-corrected chi connectivity index (χ3v) is 7.04. The molecule has 0 saturated carbocycles. The van der Waals surface area contributed by atoms with E-state index in [2.05, 4.69) is 25.3 Å². The number of piperidine rings is 1. The van der Waals surface area contributed by atoms with Gasteiger partial charge in [-0.05, 0) is 25.0 Å². The predicted octanol–water partition coefficient (Wildman–Crippen LogP) is 2.66. The fourth-order valence-electron chi connectivity index (χ4n) is 3.30. The Kier molecular flexibility index (Phi) is 6.21. The summed E-state index contributed by atoms with van der Waals surface area (Å²) in [5.74, 6) is 0.826. The highest BCUT2D eigenvalue weighted by Gasteiger charge is 2.30. The van der Waals surface area contributed by atoms with Crippen LogP contribution in [0.4, 0.5) is 5.95 Å². The van der Waals surface area contributed by atoms with Crippen molar-refractivity contribution in [2.75, 3.05) is 18.4 Å². The lowest BCUT2D eigenvalue weighted by Gasteiger charge is -2.31. The molecule has 3 heterocycles. The first-order chi connectivity index (χ1) is 15.0. The number of benzene rings is 1. The highest BCUT2D eigenvalue weighted by molar-refractivity contribution is 7.89. The van der Waals surface area contributed by atoms with Crippen molar-refractivity contribution in [3.05, 3.63) is 59.6 Å². The fraction of sp³-hybridized carbons (Fsp3) is 0.250. The molecule has 0 radical (unpaired) electrons. The van der Waals surface area contributed by atoms with E-state index in [0.29, 0.717) is 60.1 Å². The summed E-state index contributed by atoms with van der Waals surface area (Å²) in [6.07, 6.45) is 7.74. The highest BCUT2D eigenvalue weighted by atomic mass is 35.5. The third-order valence-electron chi connectivity index (χ3n) is 4.95. The van der Waals surface area contributed by atoms with E-state index < -0.39 is 10.0 Å². The number of sulfonamides is 1. The fourth-order valence-corrected chi connectivity index (χ4v) is 4.92. The molecule has 0 unspecified atom stereocenters. The van der Waals surface area contributed by atoms with Gasteiger partial charge in [-0.2, -0.15) is 4.31 Å². The van der Waals surface area contributed by atoms with Gasteiger partial charge in [-0.1, -0.05) is 23.7 Å². The Balaban J connectivity index is 1.45. The van der Waals surface area contributed by atoms with Crippen molar-refractivity contribution >= 4 is 33.9 Å². The monoisotopic (exact) mass is 458 g/mol. The Hall–Kier alpha value is -2.95. The molecule has 11 heteroatoms. The largest absolute Gasteiger partial charge is 0.351 e. The molecule has 31 heavy (non-hydrogen) atoms. The number of carbonyl (C=O) groups is 1. The number of anilines is 1. The second-order valence-electron chi connectivity index (χ2n) is 7.03. The average Bonchev–Trinajstić information content (AvgIpc) is 2.81. The number of aldehydes is 1. The van der Waals surface area contributed by atoms with Crippen molar-refractivity contribution < 1.29 is 13.2 Å². The van der Waals surface area contributed by atoms with Crippen LogP contribution in [0.1, 0.15) is 23.2 Å². The zero-order valence-corrected chi connectivity index (χ0v) is 17.9. The molecule has 0 atom stereocenters. The van der Waals surface area contributed by atoms with Gasteiger partial charge in [0.05, 0.1) is 27.9 Å². The van der Waals surface area contributed by atoms with Gasteiger partial charge < -0.3 is 5.32 Å². The zero-order chi connectivity index (χ0) is 21.8. The van der Waals surface area contributed by atoms with Gasteiger partial charge >= 0.3 is 0 Å². The van der Waals surface area contributed by atoms with Crippen molar-refractivity contribution in [1.29, 1.82) is 0 Å². The lowest BCUT2D eigenvalue weighted by atomic mass is 10.1. The van der Waals surface area contributed by atoms with E-state index in [9.17, 15) is 13.2 Å². The molecule has 1 fully saturated rings. The zero-order valence-electron chi connectivity index (χ0n) is 16.3. The van der Waals surface area contributed by atoms with E-state index in [4.69, 9.17) is 11.6 Å². The van der Waals surface area contributed by atoms with Crippen LogP contribution in [0.3, 0.4) is 0 Å². The maximum Gasteiger partial charge on any atom is 0.243 e. The van der Waals surface area contributed by atoms with Crippen LogP contribution < -0.4 is 5.32 Å². The van der Waals surface area contributed by atoms with Gasteiger partial charge in [0, 0.05) is 37.1 Å². The van der Waals surface area contributed by atoms with Gasteiger partial charge in [0.1, 0.15) is 0 Å². The molecule has 1 N–H and O–H groups in total. The van der Waals surface area contributed by atoms with E-state index in [1.165, 1.54) is 29.1 Å². The van der Waals surface area contributed by atoms with E-state index in [1.54, 1.807) is 24.3 Å². The Morgan fingerprint density at radius 2 is 1.71 bits per heavy atom. The van der Waals surface area contributed by atoms with E-state index in [-0.39, 0.29) is 10.9 Å². The molecular formula is C20H19ClN6O3S. The van der Waals surface area contributed by atoms with Crippen LogP contribution in [-0.4, -0.2) is 58.1 Å². The predicted molar refractivity (Wildman–Crippen MR) is 115 cm³/mol. The molecule has 1 aliphatic rings. The number of halogens is 1. The van der Waals surface area contributed by atoms with Crippen molar-refractivity contribution in [2.24, 2.45) is 0 Å². The number of rotatable bonds is 6. The average molecular weight is 459 g/mol. The lowest BCUT2D eigenvalue weighted by molar-refractivity contribution is 0.112. The van der Waals surface area contributed by atoms with Crippen LogP contribution in [-0.2, 0) is 10.0 Å². The number of aromatic nitrogens is 4. The normalized spacial score (nSPS) is 15.5. The van der Waals surface area contributed by atoms with E-state index in [1.807, 2.05) is 0 Å². The van der Waals surface area contributed by atoms with Crippen LogP contribution >= 0.6 is 11.6 Å². The van der Waals surface area contributed by atoms with Crippen molar-refractivity contribution in [1.82, 2.24) is 24.2 Å². The molecule has 3 aromatic rings. The second-order valence-corrected chi connectivity index (χ2v) is 9.41. The molecule has 1 aromatic carbocycles. The Labute approximate surface area is 184 Å². The summed E-state index contributed by atoms with van der Waals surface area (Å²) in [5.41, 5.74) is 0.919. The number of nitrogens with one attached hydrogen (secondary N) is 1. The molecule has 4 rings (SSSR count). The summed E-state index contributed by atoms with van der Waals surface area (Å²) in [6.45, 7) is 0.755. The minimum atomic E-state index is -3.66. The first kappa shape index (κ1) is 21.3. The van der Waals surface area contributed by atoms with Crippen LogP contribution in [0.5, 0.6) is 0 Å². The van der Waals surface area contributed by atoms with E-state index in [0.717, 1.165) is 0 Å². The standard InChI is InChI=1S/C20H19ClN6O3S/c21-16-11-24-20(25-12-16)26-17-4-6-27(7-5-17)31(29,30)18-3-1-2-15(8-18)19-22-9-14(13-28)10-23-19/h1-3,8-13,17H,4-7H2,(H,24,25,26). The molecule has 0 bridgehead atoms. The van der Waals surface area contributed by atoms with Gasteiger partial charge in [-0.3, -0.25) is 4.79 Å². The Morgan fingerprint density at radius 1 is 1.03 bits per heavy atom. The first-order valence-corrected chi connectivity index (χ1v) is 11.4. The Morgan fingerprint density at radius 3 is 2.35 bits per heavy atom. The van der Waals surface area contributed by atoms with Gasteiger partial charge in [0.15, 0.2) is 12.1 Å². The van der Waals surface area contributed by atoms with Crippen LogP contribution in [0.15, 0.2) is 53.9 Å². The van der Waals surface area contributed by atoms with Crippen molar-refractivity contribution in [3.63, 3.8) is 0 Å². The third kappa shape index (κ3) is 4.87. The quantitative estimate of drug-likeness (QED) is 0.560. The summed E-state index contributed by atoms with van der Waals surface area (Å²) in [6, 6.07) is 6.58. The van der Waals surface area contributed by atoms with Crippen LogP contribution in [0.25, 0.3) is 11.4 Å². The molecule has 0 aliphatic carbocycles. The van der Waals surface area contributed by atoms with Crippen LogP contribution in [0.2, 0.25) is 5.02 Å². The maximum absolute atomic E-state index is 13.2. The maximum atomic E-state index is 13.2. The summed E-state index contributed by atoms with van der Waals surface area (Å²) in [7, 11) is -3.66. The second kappa shape index (κ2) is 9.04. The van der Waals surface area contributed by atoms with Gasteiger partial charge in [0.25, 0.3) is 0 Å². The number of hydrogen-bond donors (Lipinski definition) is 1. The molecular weight excluding hydrogens is 440 g/mol. The first-order valence-electron chi connectivity index (χ1n) is 9.57.